The molecule has 0 unspecified atom stereocenters. The van der Waals surface area contributed by atoms with E-state index in [4.69, 9.17) is 0 Å². The van der Waals surface area contributed by atoms with E-state index in [2.05, 4.69) is 15.9 Å². The second kappa shape index (κ2) is 4.85. The van der Waals surface area contributed by atoms with Gasteiger partial charge >= 0.3 is 0 Å². The lowest BCUT2D eigenvalue weighted by Gasteiger charge is -2.18. The minimum Gasteiger partial charge on any atom is -0.317 e. The van der Waals surface area contributed by atoms with E-state index in [-0.39, 0.29) is 11.6 Å². The fraction of sp³-hybridized carbons (Fsp3) is 0.312. The summed E-state index contributed by atoms with van der Waals surface area (Å²) in [4.78, 5) is 12.0. The Morgan fingerprint density at radius 3 is 2.70 bits per heavy atom. The second-order valence-corrected chi connectivity index (χ2v) is 6.17. The summed E-state index contributed by atoms with van der Waals surface area (Å²) in [6, 6.07) is 5.24. The maximum absolute atomic E-state index is 13.9. The number of carbonyl (C=O) groups is 1. The summed E-state index contributed by atoms with van der Waals surface area (Å²) in [5.74, 6) is -0.0853. The summed E-state index contributed by atoms with van der Waals surface area (Å²) in [6.45, 7) is 3.92. The summed E-state index contributed by atoms with van der Waals surface area (Å²) in [5, 5.41) is 0. The molecule has 0 radical (unpaired) electrons. The number of benzene rings is 1. The molecule has 1 aliphatic carbocycles. The largest absolute Gasteiger partial charge is 0.317 e. The van der Waals surface area contributed by atoms with Crippen molar-refractivity contribution in [2.75, 3.05) is 0 Å². The van der Waals surface area contributed by atoms with Crippen molar-refractivity contribution in [3.8, 4) is 5.69 Å². The van der Waals surface area contributed by atoms with Gasteiger partial charge in [-0.1, -0.05) is 0 Å². The van der Waals surface area contributed by atoms with Gasteiger partial charge in [0.2, 0.25) is 0 Å². The summed E-state index contributed by atoms with van der Waals surface area (Å²) in [7, 11) is 0. The van der Waals surface area contributed by atoms with Gasteiger partial charge < -0.3 is 4.57 Å². The van der Waals surface area contributed by atoms with Crippen molar-refractivity contribution >= 4 is 21.7 Å². The molecule has 1 aromatic heterocycles. The van der Waals surface area contributed by atoms with Crippen LogP contribution in [0.3, 0.4) is 0 Å². The van der Waals surface area contributed by atoms with Crippen LogP contribution >= 0.6 is 15.9 Å². The molecule has 20 heavy (non-hydrogen) atoms. The number of rotatable bonds is 1. The Morgan fingerprint density at radius 1 is 1.20 bits per heavy atom. The van der Waals surface area contributed by atoms with Crippen molar-refractivity contribution in [3.63, 3.8) is 0 Å². The van der Waals surface area contributed by atoms with E-state index >= 15 is 0 Å². The molecule has 0 N–H and O–H groups in total. The van der Waals surface area contributed by atoms with E-state index in [1.165, 1.54) is 6.07 Å². The van der Waals surface area contributed by atoms with Crippen LogP contribution in [0.1, 0.15) is 40.2 Å². The Labute approximate surface area is 125 Å². The number of ketones is 1. The molecule has 0 spiro atoms. The molecule has 0 fully saturated rings. The molecule has 0 saturated carbocycles. The van der Waals surface area contributed by atoms with Crippen LogP contribution in [-0.4, -0.2) is 10.4 Å². The Hall–Kier alpha value is -1.42. The number of carbonyl (C=O) groups excluding carboxylic acids is 1. The summed E-state index contributed by atoms with van der Waals surface area (Å²) in [5.41, 5.74) is 4.60. The van der Waals surface area contributed by atoms with Crippen LogP contribution in [0.5, 0.6) is 0 Å². The number of Topliss-reactive ketones (excluding diaryl/α,β-unsaturated/α-hetero) is 1. The number of nitrogens with zero attached hydrogens (tertiary/aromatic N) is 1. The van der Waals surface area contributed by atoms with Crippen LogP contribution in [-0.2, 0) is 6.42 Å². The number of fused-ring (bicyclic) bond motifs is 1. The minimum absolute atomic E-state index is 0.198. The maximum Gasteiger partial charge on any atom is 0.164 e. The van der Waals surface area contributed by atoms with Gasteiger partial charge in [0, 0.05) is 23.4 Å². The van der Waals surface area contributed by atoms with Crippen molar-refractivity contribution < 1.29 is 9.18 Å². The van der Waals surface area contributed by atoms with Gasteiger partial charge in [-0.3, -0.25) is 4.79 Å². The molecule has 0 aliphatic heterocycles. The zero-order valence-corrected chi connectivity index (χ0v) is 13.1. The number of hydrogen-bond donors (Lipinski definition) is 0. The van der Waals surface area contributed by atoms with Crippen molar-refractivity contribution in [1.82, 2.24) is 4.57 Å². The first-order valence-electron chi connectivity index (χ1n) is 6.69. The average Bonchev–Trinajstić information content (AvgIpc) is 2.72. The lowest BCUT2D eigenvalue weighted by molar-refractivity contribution is 0.0972. The van der Waals surface area contributed by atoms with E-state index < -0.39 is 0 Å². The molecule has 0 amide bonds. The summed E-state index contributed by atoms with van der Waals surface area (Å²) >= 11 is 3.21. The number of hydrogen-bond acceptors (Lipinski definition) is 1. The van der Waals surface area contributed by atoms with Gasteiger partial charge in [-0.2, -0.15) is 0 Å². The zero-order valence-electron chi connectivity index (χ0n) is 11.5. The predicted molar refractivity (Wildman–Crippen MR) is 80.2 cm³/mol. The lowest BCUT2D eigenvalue weighted by atomic mass is 9.96. The molecule has 2 aromatic rings. The van der Waals surface area contributed by atoms with Gasteiger partial charge in [0.25, 0.3) is 0 Å². The van der Waals surface area contributed by atoms with Crippen molar-refractivity contribution in [2.45, 2.75) is 33.1 Å². The van der Waals surface area contributed by atoms with Gasteiger partial charge in [-0.15, -0.1) is 0 Å². The Morgan fingerprint density at radius 2 is 1.95 bits per heavy atom. The van der Waals surface area contributed by atoms with Crippen LogP contribution in [0.2, 0.25) is 0 Å². The van der Waals surface area contributed by atoms with Gasteiger partial charge in [-0.05, 0) is 66.4 Å². The first kappa shape index (κ1) is 13.6. The van der Waals surface area contributed by atoms with Gasteiger partial charge in [-0.25, -0.2) is 4.39 Å². The lowest BCUT2D eigenvalue weighted by Crippen LogP contribution is -2.13. The Kier molecular flexibility index (Phi) is 3.28. The molecular weight excluding hydrogens is 321 g/mol. The number of halogens is 2. The molecule has 0 atom stereocenters. The van der Waals surface area contributed by atoms with Crippen molar-refractivity contribution in [2.24, 2.45) is 0 Å². The molecule has 2 nitrogen and oxygen atoms in total. The Bertz CT molecular complexity index is 718. The zero-order chi connectivity index (χ0) is 14.4. The van der Waals surface area contributed by atoms with E-state index in [0.717, 1.165) is 41.0 Å². The van der Waals surface area contributed by atoms with Gasteiger partial charge in [0.1, 0.15) is 5.82 Å². The third-order valence-electron chi connectivity index (χ3n) is 3.88. The minimum atomic E-state index is -0.283. The first-order valence-corrected chi connectivity index (χ1v) is 7.49. The highest BCUT2D eigenvalue weighted by Crippen LogP contribution is 2.31. The van der Waals surface area contributed by atoms with Crippen molar-refractivity contribution in [3.05, 3.63) is 51.0 Å². The topological polar surface area (TPSA) is 22.0 Å². The molecule has 1 aliphatic rings. The van der Waals surface area contributed by atoms with E-state index in [1.807, 2.05) is 24.5 Å². The second-order valence-electron chi connectivity index (χ2n) is 5.31. The predicted octanol–water partition coefficient (Wildman–Crippen LogP) is 4.51. The smallest absolute Gasteiger partial charge is 0.164 e. The first-order chi connectivity index (χ1) is 9.49. The quantitative estimate of drug-likeness (QED) is 0.751. The monoisotopic (exact) mass is 335 g/mol. The molecule has 0 bridgehead atoms. The van der Waals surface area contributed by atoms with E-state index in [0.29, 0.717) is 10.9 Å². The summed E-state index contributed by atoms with van der Waals surface area (Å²) < 4.78 is 16.4. The molecule has 4 heteroatoms. The fourth-order valence-corrected chi connectivity index (χ4v) is 3.40. The van der Waals surface area contributed by atoms with Crippen LogP contribution in [0.15, 0.2) is 22.7 Å². The fourth-order valence-electron chi connectivity index (χ4n) is 2.94. The Balaban J connectivity index is 2.26. The van der Waals surface area contributed by atoms with E-state index in [9.17, 15) is 9.18 Å². The van der Waals surface area contributed by atoms with Crippen LogP contribution in [0.25, 0.3) is 5.69 Å². The maximum atomic E-state index is 13.9. The number of aromatic nitrogens is 1. The molecule has 3 rings (SSSR count). The molecule has 1 heterocycles. The normalized spacial score (nSPS) is 14.5. The molecule has 1 aromatic carbocycles. The van der Waals surface area contributed by atoms with Crippen LogP contribution < -0.4 is 0 Å². The van der Waals surface area contributed by atoms with Crippen LogP contribution in [0.4, 0.5) is 4.39 Å². The molecular formula is C16H15BrFNO. The summed E-state index contributed by atoms with van der Waals surface area (Å²) in [6.07, 6.45) is 2.35. The number of aryl methyl sites for hydroxylation is 2. The highest BCUT2D eigenvalue weighted by Gasteiger charge is 2.24. The highest BCUT2D eigenvalue weighted by molar-refractivity contribution is 9.10. The molecule has 0 saturated heterocycles. The van der Waals surface area contributed by atoms with Crippen LogP contribution in [0, 0.1) is 19.7 Å². The van der Waals surface area contributed by atoms with Gasteiger partial charge in [0.15, 0.2) is 5.78 Å². The standard InChI is InChI=1S/C16H15BrFNO/c1-9-6-12(17)13(18)8-15(9)19-10(2)7-11-14(19)4-3-5-16(11)20/h6-8H,3-5H2,1-2H3. The van der Waals surface area contributed by atoms with E-state index in [1.54, 1.807) is 6.07 Å². The molecule has 104 valence electrons. The van der Waals surface area contributed by atoms with Crippen molar-refractivity contribution in [1.29, 1.82) is 0 Å². The SMILES string of the molecule is Cc1cc(Br)c(F)cc1-n1c(C)cc2c1CCCC2=O. The van der Waals surface area contributed by atoms with Gasteiger partial charge in [0.05, 0.1) is 10.2 Å². The third kappa shape index (κ3) is 2.03. The third-order valence-corrected chi connectivity index (χ3v) is 4.49. The highest BCUT2D eigenvalue weighted by atomic mass is 79.9. The average molecular weight is 336 g/mol.